The average molecular weight is 557 g/mol. The first-order valence-electron chi connectivity index (χ1n) is 14.4. The molecule has 4 fully saturated rings. The number of ether oxygens (including phenoxy) is 4. The SMILES string of the molecule is COC(=O)C1=C(C(=O)OC)C2(N3CCCC3)CC3(C)CC4(N5CCCC5)C(C(=O)OC)=C(C(=O)OC)C4C3(C)C12. The minimum absolute atomic E-state index is 0.348. The first-order valence-corrected chi connectivity index (χ1v) is 14.4. The third kappa shape index (κ3) is 2.87. The molecule has 2 saturated heterocycles. The Hall–Kier alpha value is -2.72. The Morgan fingerprint density at radius 3 is 1.23 bits per heavy atom. The number of likely N-dealkylation sites (tertiary alicyclic amines) is 2. The highest BCUT2D eigenvalue weighted by molar-refractivity contribution is 6.09. The predicted octanol–water partition coefficient (Wildman–Crippen LogP) is 2.02. The van der Waals surface area contributed by atoms with Gasteiger partial charge in [-0.05, 0) is 75.5 Å². The third-order valence-corrected chi connectivity index (χ3v) is 11.7. The smallest absolute Gasteiger partial charge is 0.336 e. The summed E-state index contributed by atoms with van der Waals surface area (Å²) in [6.45, 7) is 7.62. The summed E-state index contributed by atoms with van der Waals surface area (Å²) in [6.07, 6.45) is 5.24. The monoisotopic (exact) mass is 556 g/mol. The normalized spacial score (nSPS) is 40.1. The van der Waals surface area contributed by atoms with Crippen LogP contribution in [-0.4, -0.2) is 99.4 Å². The summed E-state index contributed by atoms with van der Waals surface area (Å²) in [5, 5.41) is 0. The number of rotatable bonds is 6. The van der Waals surface area contributed by atoms with E-state index in [4.69, 9.17) is 18.9 Å². The van der Waals surface area contributed by atoms with Crippen LogP contribution in [0.25, 0.3) is 0 Å². The van der Waals surface area contributed by atoms with E-state index in [-0.39, 0.29) is 0 Å². The van der Waals surface area contributed by atoms with Gasteiger partial charge in [0.2, 0.25) is 0 Å². The maximum Gasteiger partial charge on any atom is 0.336 e. The van der Waals surface area contributed by atoms with Crippen molar-refractivity contribution >= 4 is 23.9 Å². The molecule has 0 aromatic heterocycles. The van der Waals surface area contributed by atoms with Gasteiger partial charge >= 0.3 is 23.9 Å². The molecule has 218 valence electrons. The van der Waals surface area contributed by atoms with E-state index in [1.807, 2.05) is 0 Å². The highest BCUT2D eigenvalue weighted by Crippen LogP contribution is 2.84. The Bertz CT molecular complexity index is 1170. The van der Waals surface area contributed by atoms with Crippen molar-refractivity contribution in [2.24, 2.45) is 22.7 Å². The molecule has 4 atom stereocenters. The second-order valence-electron chi connectivity index (χ2n) is 12.8. The van der Waals surface area contributed by atoms with Crippen molar-refractivity contribution in [3.8, 4) is 0 Å². The van der Waals surface area contributed by atoms with Gasteiger partial charge < -0.3 is 18.9 Å². The molecule has 40 heavy (non-hydrogen) atoms. The molecule has 0 N–H and O–H groups in total. The predicted molar refractivity (Wildman–Crippen MR) is 142 cm³/mol. The van der Waals surface area contributed by atoms with Crippen LogP contribution in [0.4, 0.5) is 0 Å². The largest absolute Gasteiger partial charge is 0.466 e. The lowest BCUT2D eigenvalue weighted by molar-refractivity contribution is -0.149. The van der Waals surface area contributed by atoms with Crippen LogP contribution in [0.1, 0.15) is 52.4 Å². The van der Waals surface area contributed by atoms with Gasteiger partial charge in [-0.1, -0.05) is 13.8 Å². The first kappa shape index (κ1) is 27.4. The maximum atomic E-state index is 13.5. The van der Waals surface area contributed by atoms with E-state index in [0.29, 0.717) is 35.1 Å². The van der Waals surface area contributed by atoms with Crippen molar-refractivity contribution in [2.45, 2.75) is 63.5 Å². The highest BCUT2D eigenvalue weighted by atomic mass is 16.5. The summed E-state index contributed by atoms with van der Waals surface area (Å²) in [7, 11) is 5.36. The fraction of sp³-hybridized carbons (Fsp3) is 0.733. The molecular formula is C30H40N2O8. The second-order valence-corrected chi connectivity index (χ2v) is 12.8. The number of fused-ring (bicyclic) bond motifs is 5. The standard InChI is InChI=1S/C30H40N2O8/c1-27-15-29(31-11-7-8-12-31)19(25(35)39-5)17(23(33)37-3)21(29)28(27,2)22-18(24(34)38-4)20(26(36)40-6)30(22,16-27)32-13-9-10-14-32/h21-22H,7-16H2,1-6H3. The van der Waals surface area contributed by atoms with Crippen molar-refractivity contribution in [1.29, 1.82) is 0 Å². The van der Waals surface area contributed by atoms with Gasteiger partial charge in [0.05, 0.1) is 61.8 Å². The van der Waals surface area contributed by atoms with Crippen molar-refractivity contribution in [2.75, 3.05) is 54.6 Å². The molecule has 10 heteroatoms. The van der Waals surface area contributed by atoms with Crippen molar-refractivity contribution in [3.63, 3.8) is 0 Å². The second kappa shape index (κ2) is 8.89. The average Bonchev–Trinajstić information content (AvgIpc) is 3.70. The molecule has 0 amide bonds. The lowest BCUT2D eigenvalue weighted by atomic mass is 9.47. The van der Waals surface area contributed by atoms with Gasteiger partial charge in [0.1, 0.15) is 0 Å². The van der Waals surface area contributed by atoms with Crippen LogP contribution >= 0.6 is 0 Å². The van der Waals surface area contributed by atoms with Crippen LogP contribution in [0, 0.1) is 22.7 Å². The van der Waals surface area contributed by atoms with Gasteiger partial charge in [-0.15, -0.1) is 0 Å². The fourth-order valence-corrected chi connectivity index (χ4v) is 10.4. The molecule has 0 radical (unpaired) electrons. The van der Waals surface area contributed by atoms with Gasteiger partial charge in [-0.25, -0.2) is 19.2 Å². The Kier molecular flexibility index (Phi) is 6.10. The summed E-state index contributed by atoms with van der Waals surface area (Å²) >= 11 is 0. The molecule has 2 aliphatic heterocycles. The topological polar surface area (TPSA) is 112 Å². The van der Waals surface area contributed by atoms with E-state index >= 15 is 0 Å². The van der Waals surface area contributed by atoms with Gasteiger partial charge in [0, 0.05) is 11.8 Å². The summed E-state index contributed by atoms with van der Waals surface area (Å²) in [5.74, 6) is -2.87. The molecule has 0 bridgehead atoms. The molecule has 0 aromatic rings. The number of carbonyl (C=O) groups is 4. The van der Waals surface area contributed by atoms with E-state index in [2.05, 4.69) is 23.6 Å². The highest BCUT2D eigenvalue weighted by Gasteiger charge is 2.87. The summed E-state index contributed by atoms with van der Waals surface area (Å²) in [4.78, 5) is 58.6. The molecule has 10 nitrogen and oxygen atoms in total. The number of hydrogen-bond donors (Lipinski definition) is 0. The van der Waals surface area contributed by atoms with Crippen LogP contribution < -0.4 is 0 Å². The number of carbonyl (C=O) groups excluding carboxylic acids is 4. The fourth-order valence-electron chi connectivity index (χ4n) is 10.4. The molecule has 4 aliphatic carbocycles. The summed E-state index contributed by atoms with van der Waals surface area (Å²) < 4.78 is 21.1. The van der Waals surface area contributed by atoms with Crippen LogP contribution in [0.15, 0.2) is 22.3 Å². The Labute approximate surface area is 235 Å². The van der Waals surface area contributed by atoms with Crippen molar-refractivity contribution in [3.05, 3.63) is 22.3 Å². The number of hydrogen-bond acceptors (Lipinski definition) is 10. The van der Waals surface area contributed by atoms with Gasteiger partial charge in [-0.2, -0.15) is 0 Å². The zero-order valence-electron chi connectivity index (χ0n) is 24.4. The molecule has 0 spiro atoms. The van der Waals surface area contributed by atoms with Crippen LogP contribution in [0.5, 0.6) is 0 Å². The zero-order valence-corrected chi connectivity index (χ0v) is 24.4. The summed E-state index contributed by atoms with van der Waals surface area (Å²) in [6, 6.07) is 0. The quantitative estimate of drug-likeness (QED) is 0.356. The van der Waals surface area contributed by atoms with Gasteiger partial charge in [0.25, 0.3) is 0 Å². The minimum Gasteiger partial charge on any atom is -0.466 e. The van der Waals surface area contributed by atoms with Crippen molar-refractivity contribution < 1.29 is 38.1 Å². The van der Waals surface area contributed by atoms with Crippen LogP contribution in [0.3, 0.4) is 0 Å². The molecule has 6 aliphatic rings. The minimum atomic E-state index is -0.712. The van der Waals surface area contributed by atoms with E-state index in [9.17, 15) is 19.2 Å². The van der Waals surface area contributed by atoms with E-state index in [0.717, 1.165) is 51.9 Å². The first-order chi connectivity index (χ1) is 19.0. The Morgan fingerprint density at radius 1 is 0.600 bits per heavy atom. The molecular weight excluding hydrogens is 516 g/mol. The molecule has 2 heterocycles. The Balaban J connectivity index is 1.63. The molecule has 2 saturated carbocycles. The van der Waals surface area contributed by atoms with Gasteiger partial charge in [-0.3, -0.25) is 9.80 Å². The number of nitrogens with zero attached hydrogens (tertiary/aromatic N) is 2. The van der Waals surface area contributed by atoms with Crippen LogP contribution in [0.2, 0.25) is 0 Å². The van der Waals surface area contributed by atoms with E-state index in [1.54, 1.807) is 0 Å². The molecule has 6 rings (SSSR count). The van der Waals surface area contributed by atoms with Crippen molar-refractivity contribution in [1.82, 2.24) is 9.80 Å². The van der Waals surface area contributed by atoms with Crippen LogP contribution in [-0.2, 0) is 38.1 Å². The van der Waals surface area contributed by atoms with E-state index < -0.39 is 57.6 Å². The lowest BCUT2D eigenvalue weighted by Gasteiger charge is -2.61. The van der Waals surface area contributed by atoms with Gasteiger partial charge in [0.15, 0.2) is 0 Å². The number of methoxy groups -OCH3 is 4. The molecule has 4 unspecified atom stereocenters. The lowest BCUT2D eigenvalue weighted by Crippen LogP contribution is -2.69. The Morgan fingerprint density at radius 2 is 0.925 bits per heavy atom. The molecule has 0 aromatic carbocycles. The maximum absolute atomic E-state index is 13.5. The summed E-state index contributed by atoms with van der Waals surface area (Å²) in [5.41, 5.74) is -1.05. The number of esters is 4. The van der Waals surface area contributed by atoms with E-state index in [1.165, 1.54) is 28.4 Å². The zero-order chi connectivity index (χ0) is 28.8. The third-order valence-electron chi connectivity index (χ3n) is 11.7.